The van der Waals surface area contributed by atoms with E-state index < -0.39 is 59.8 Å². The predicted molar refractivity (Wildman–Crippen MR) is 234 cm³/mol. The van der Waals surface area contributed by atoms with Crippen molar-refractivity contribution in [1.82, 2.24) is 0 Å². The van der Waals surface area contributed by atoms with Crippen molar-refractivity contribution in [3.63, 3.8) is 0 Å². The smallest absolute Gasteiger partial charge is 0.397 e. The van der Waals surface area contributed by atoms with Crippen LogP contribution in [-0.4, -0.2) is 97.5 Å². The molecule has 0 aliphatic carbocycles. The van der Waals surface area contributed by atoms with Crippen molar-refractivity contribution in [1.29, 1.82) is 0 Å². The Kier molecular flexibility index (Phi) is 35.3. The van der Waals surface area contributed by atoms with Crippen LogP contribution in [0.25, 0.3) is 0 Å². The van der Waals surface area contributed by atoms with E-state index in [0.717, 1.165) is 83.5 Å². The molecular weight excluding hydrogens is 777 g/mol. The summed E-state index contributed by atoms with van der Waals surface area (Å²) >= 11 is 0. The van der Waals surface area contributed by atoms with Crippen molar-refractivity contribution >= 4 is 16.4 Å². The molecule has 13 heteroatoms. The van der Waals surface area contributed by atoms with Gasteiger partial charge in [0.25, 0.3) is 0 Å². The summed E-state index contributed by atoms with van der Waals surface area (Å²) in [6.07, 6.45) is 35.6. The fourth-order valence-electron chi connectivity index (χ4n) is 6.67. The Balaban J connectivity index is 2.45. The Morgan fingerprint density at radius 1 is 0.644 bits per heavy atom. The lowest BCUT2D eigenvalue weighted by atomic mass is 9.99. The molecule has 0 spiro atoms. The molecule has 0 bridgehead atoms. The second kappa shape index (κ2) is 37.8. The highest BCUT2D eigenvalue weighted by Crippen LogP contribution is 2.26. The molecule has 59 heavy (non-hydrogen) atoms. The van der Waals surface area contributed by atoms with Gasteiger partial charge in [-0.1, -0.05) is 140 Å². The lowest BCUT2D eigenvalue weighted by molar-refractivity contribution is -0.301. The highest BCUT2D eigenvalue weighted by molar-refractivity contribution is 7.80. The van der Waals surface area contributed by atoms with Gasteiger partial charge in [0.2, 0.25) is 0 Å². The van der Waals surface area contributed by atoms with E-state index in [1.807, 2.05) is 0 Å². The van der Waals surface area contributed by atoms with Gasteiger partial charge in [-0.05, 0) is 77.0 Å². The number of carbonyl (C=O) groups is 1. The molecule has 1 saturated heterocycles. The van der Waals surface area contributed by atoms with Crippen LogP contribution in [0.5, 0.6) is 0 Å². The second-order valence-electron chi connectivity index (χ2n) is 15.6. The number of aliphatic hydroxyl groups is 3. The minimum absolute atomic E-state index is 0.0219. The number of unbranched alkanes of at least 4 members (excludes halogenated alkanes) is 18. The van der Waals surface area contributed by atoms with E-state index in [1.165, 1.54) is 64.2 Å². The van der Waals surface area contributed by atoms with E-state index in [1.54, 1.807) is 0 Å². The Bertz CT molecular complexity index is 1220. The van der Waals surface area contributed by atoms with Gasteiger partial charge in [0.15, 0.2) is 6.29 Å². The van der Waals surface area contributed by atoms with Gasteiger partial charge < -0.3 is 34.3 Å². The fraction of sp³-hybridized carbons (Fsp3) is 0.804. The molecule has 0 radical (unpaired) electrons. The van der Waals surface area contributed by atoms with Crippen molar-refractivity contribution in [3.05, 3.63) is 48.6 Å². The summed E-state index contributed by atoms with van der Waals surface area (Å²) in [6.45, 7) is 3.90. The van der Waals surface area contributed by atoms with Crippen LogP contribution in [0.1, 0.15) is 174 Å². The Labute approximate surface area is 357 Å². The molecule has 0 aromatic rings. The maximum atomic E-state index is 12.8. The van der Waals surface area contributed by atoms with Crippen molar-refractivity contribution < 1.29 is 56.2 Å². The highest BCUT2D eigenvalue weighted by Gasteiger charge is 2.48. The molecule has 6 atom stereocenters. The van der Waals surface area contributed by atoms with E-state index >= 15 is 0 Å². The number of allylic oxidation sites excluding steroid dienone is 8. The maximum absolute atomic E-state index is 12.8. The second-order valence-corrected chi connectivity index (χ2v) is 16.7. The summed E-state index contributed by atoms with van der Waals surface area (Å²) in [6, 6.07) is 0. The molecule has 0 aromatic carbocycles. The Morgan fingerprint density at radius 2 is 1.12 bits per heavy atom. The topological polar surface area (TPSA) is 178 Å². The van der Waals surface area contributed by atoms with Crippen LogP contribution in [0.3, 0.4) is 0 Å². The van der Waals surface area contributed by atoms with Crippen LogP contribution in [0, 0.1) is 0 Å². The molecule has 1 fully saturated rings. The largest absolute Gasteiger partial charge is 0.457 e. The average Bonchev–Trinajstić information content (AvgIpc) is 3.20. The molecule has 0 amide bonds. The van der Waals surface area contributed by atoms with Crippen molar-refractivity contribution in [2.75, 3.05) is 26.4 Å². The third-order valence-electron chi connectivity index (χ3n) is 10.2. The highest BCUT2D eigenvalue weighted by atomic mass is 32.3. The number of rotatable bonds is 39. The standard InChI is InChI=1S/C46H82O12S/c1-3-5-7-9-11-13-15-17-19-21-23-25-27-29-31-33-35-42(48)56-40(39-55-46-44(50)45(58-59(51,52)53)43(49)41(37-47)57-46)38-54-36-34-32-30-28-26-24-22-20-18-16-14-12-10-8-6-4-2/h12-15,18-21,40-41,43-47,49-50H,3-11,16-17,22-39H2,1-2H3,(H,51,52,53)/b14-12-,15-13-,20-18-,21-19-. The number of hydrogen-bond donors (Lipinski definition) is 4. The van der Waals surface area contributed by atoms with Gasteiger partial charge in [-0.15, -0.1) is 0 Å². The van der Waals surface area contributed by atoms with Crippen LogP contribution < -0.4 is 0 Å². The summed E-state index contributed by atoms with van der Waals surface area (Å²) in [5, 5.41) is 30.7. The number of hydrogen-bond acceptors (Lipinski definition) is 11. The molecule has 1 heterocycles. The summed E-state index contributed by atoms with van der Waals surface area (Å²) in [7, 11) is -5.07. The van der Waals surface area contributed by atoms with Gasteiger partial charge in [-0.3, -0.25) is 9.35 Å². The molecule has 0 saturated carbocycles. The van der Waals surface area contributed by atoms with Crippen molar-refractivity contribution in [2.45, 2.75) is 211 Å². The molecule has 0 aromatic heterocycles. The van der Waals surface area contributed by atoms with Gasteiger partial charge in [0, 0.05) is 13.0 Å². The van der Waals surface area contributed by atoms with E-state index in [-0.39, 0.29) is 19.6 Å². The zero-order valence-electron chi connectivity index (χ0n) is 36.6. The Hall–Kier alpha value is -1.94. The van der Waals surface area contributed by atoms with Crippen LogP contribution in [-0.2, 0) is 38.3 Å². The molecule has 4 N–H and O–H groups in total. The summed E-state index contributed by atoms with van der Waals surface area (Å²) in [5.74, 6) is -0.418. The van der Waals surface area contributed by atoms with Crippen molar-refractivity contribution in [2.24, 2.45) is 0 Å². The Morgan fingerprint density at radius 3 is 1.64 bits per heavy atom. The third-order valence-corrected chi connectivity index (χ3v) is 10.6. The van der Waals surface area contributed by atoms with E-state index in [9.17, 15) is 28.5 Å². The summed E-state index contributed by atoms with van der Waals surface area (Å²) in [4.78, 5) is 12.8. The quantitative estimate of drug-likeness (QED) is 0.0199. The van der Waals surface area contributed by atoms with Crippen LogP contribution >= 0.6 is 0 Å². The maximum Gasteiger partial charge on any atom is 0.397 e. The third kappa shape index (κ3) is 31.6. The first-order valence-electron chi connectivity index (χ1n) is 22.9. The van der Waals surface area contributed by atoms with Crippen LogP contribution in [0.4, 0.5) is 0 Å². The van der Waals surface area contributed by atoms with Crippen molar-refractivity contribution in [3.8, 4) is 0 Å². The van der Waals surface area contributed by atoms with Gasteiger partial charge in [0.05, 0.1) is 19.8 Å². The minimum atomic E-state index is -5.07. The monoisotopic (exact) mass is 859 g/mol. The zero-order chi connectivity index (χ0) is 43.2. The number of carbonyl (C=O) groups excluding carboxylic acids is 1. The SMILES string of the molecule is CCCCC/C=C\C/C=C\CCCCCCCCOCC(COC1OC(CO)C(O)C(OS(=O)(=O)O)C1O)OC(=O)CCCCCCC/C=C\C/C=C\CCCCCC. The average molecular weight is 859 g/mol. The zero-order valence-corrected chi connectivity index (χ0v) is 37.4. The van der Waals surface area contributed by atoms with Gasteiger partial charge in [-0.25, -0.2) is 4.18 Å². The van der Waals surface area contributed by atoms with Crippen LogP contribution in [0.15, 0.2) is 48.6 Å². The number of ether oxygens (including phenoxy) is 4. The van der Waals surface area contributed by atoms with Crippen LogP contribution in [0.2, 0.25) is 0 Å². The lowest BCUT2D eigenvalue weighted by Gasteiger charge is -2.41. The first-order chi connectivity index (χ1) is 28.6. The number of esters is 1. The van der Waals surface area contributed by atoms with Gasteiger partial charge in [0.1, 0.15) is 30.5 Å². The van der Waals surface area contributed by atoms with Gasteiger partial charge in [-0.2, -0.15) is 8.42 Å². The summed E-state index contributed by atoms with van der Waals surface area (Å²) in [5.41, 5.74) is 0. The minimum Gasteiger partial charge on any atom is -0.457 e. The van der Waals surface area contributed by atoms with Gasteiger partial charge >= 0.3 is 16.4 Å². The first kappa shape index (κ1) is 55.1. The first-order valence-corrected chi connectivity index (χ1v) is 24.3. The van der Waals surface area contributed by atoms with E-state index in [0.29, 0.717) is 13.0 Å². The molecule has 1 rings (SSSR count). The molecule has 12 nitrogen and oxygen atoms in total. The van der Waals surface area contributed by atoms with E-state index in [2.05, 4.69) is 66.6 Å². The molecule has 1 aliphatic heterocycles. The molecule has 1 aliphatic rings. The molecule has 344 valence electrons. The van der Waals surface area contributed by atoms with E-state index in [4.69, 9.17) is 23.5 Å². The molecular formula is C46H82O12S. The predicted octanol–water partition coefficient (Wildman–Crippen LogP) is 9.58. The lowest BCUT2D eigenvalue weighted by Crippen LogP contribution is -2.60. The fourth-order valence-corrected chi connectivity index (χ4v) is 7.18. The normalized spacial score (nSPS) is 20.8. The summed E-state index contributed by atoms with van der Waals surface area (Å²) < 4.78 is 59.0. The molecule has 6 unspecified atom stereocenters. The number of aliphatic hydroxyl groups excluding tert-OH is 3.